The summed E-state index contributed by atoms with van der Waals surface area (Å²) < 4.78 is 18.6. The van der Waals surface area contributed by atoms with Gasteiger partial charge in [-0.15, -0.1) is 0 Å². The first-order valence-electron chi connectivity index (χ1n) is 6.30. The van der Waals surface area contributed by atoms with Crippen LogP contribution in [-0.4, -0.2) is 17.7 Å². The largest absolute Gasteiger partial charge is 0.466 e. The molecule has 2 unspecified atom stereocenters. The zero-order valence-corrected chi connectivity index (χ0v) is 11.8. The van der Waals surface area contributed by atoms with Gasteiger partial charge in [0.15, 0.2) is 0 Å². The van der Waals surface area contributed by atoms with Crippen molar-refractivity contribution in [3.05, 3.63) is 34.6 Å². The van der Waals surface area contributed by atoms with Crippen molar-refractivity contribution in [2.45, 2.75) is 32.8 Å². The molecule has 1 N–H and O–H groups in total. The average molecular weight is 289 g/mol. The topological polar surface area (TPSA) is 46.5 Å². The van der Waals surface area contributed by atoms with E-state index in [1.165, 1.54) is 18.2 Å². The summed E-state index contributed by atoms with van der Waals surface area (Å²) in [5.74, 6) is -1.88. The van der Waals surface area contributed by atoms with Gasteiger partial charge in [-0.25, -0.2) is 4.39 Å². The highest BCUT2D eigenvalue weighted by Gasteiger charge is 2.30. The third-order valence-corrected chi connectivity index (χ3v) is 3.08. The molecule has 0 aromatic heterocycles. The first kappa shape index (κ1) is 15.9. The van der Waals surface area contributed by atoms with Gasteiger partial charge in [-0.1, -0.05) is 24.9 Å². The van der Waals surface area contributed by atoms with E-state index in [1.54, 1.807) is 6.92 Å². The zero-order chi connectivity index (χ0) is 14.4. The van der Waals surface area contributed by atoms with Gasteiger partial charge in [0.1, 0.15) is 5.82 Å². The van der Waals surface area contributed by atoms with Crippen LogP contribution in [0.4, 0.5) is 4.39 Å². The normalized spacial score (nSPS) is 13.9. The molecule has 0 aliphatic heterocycles. The molecule has 0 aliphatic carbocycles. The molecule has 0 fully saturated rings. The summed E-state index contributed by atoms with van der Waals surface area (Å²) in [6, 6.07) is 3.91. The minimum absolute atomic E-state index is 0.0269. The Balaban J connectivity index is 3.01. The smallest absolute Gasteiger partial charge is 0.311 e. The molecular formula is C14H18ClFO3. The minimum atomic E-state index is -1.25. The van der Waals surface area contributed by atoms with Crippen LogP contribution < -0.4 is 0 Å². The highest BCUT2D eigenvalue weighted by atomic mass is 35.5. The van der Waals surface area contributed by atoms with Crippen molar-refractivity contribution in [1.82, 2.24) is 0 Å². The lowest BCUT2D eigenvalue weighted by molar-refractivity contribution is -0.152. The summed E-state index contributed by atoms with van der Waals surface area (Å²) in [7, 11) is 0. The van der Waals surface area contributed by atoms with Crippen LogP contribution in [0.5, 0.6) is 0 Å². The summed E-state index contributed by atoms with van der Waals surface area (Å²) in [4.78, 5) is 11.8. The van der Waals surface area contributed by atoms with Gasteiger partial charge in [0.2, 0.25) is 0 Å². The third-order valence-electron chi connectivity index (χ3n) is 2.85. The van der Waals surface area contributed by atoms with E-state index in [9.17, 15) is 14.3 Å². The van der Waals surface area contributed by atoms with E-state index < -0.39 is 23.8 Å². The number of halogens is 2. The van der Waals surface area contributed by atoms with E-state index in [2.05, 4.69) is 0 Å². The van der Waals surface area contributed by atoms with Gasteiger partial charge in [-0.05, 0) is 31.5 Å². The summed E-state index contributed by atoms with van der Waals surface area (Å²) >= 11 is 5.79. The second-order valence-corrected chi connectivity index (χ2v) is 4.69. The van der Waals surface area contributed by atoms with Gasteiger partial charge >= 0.3 is 5.97 Å². The first-order chi connectivity index (χ1) is 9.01. The van der Waals surface area contributed by atoms with Crippen LogP contribution in [-0.2, 0) is 9.53 Å². The summed E-state index contributed by atoms with van der Waals surface area (Å²) in [5, 5.41) is 10.5. The van der Waals surface area contributed by atoms with Crippen molar-refractivity contribution in [2.24, 2.45) is 5.92 Å². The maximum absolute atomic E-state index is 13.7. The molecule has 0 aliphatic rings. The Morgan fingerprint density at radius 2 is 2.16 bits per heavy atom. The van der Waals surface area contributed by atoms with E-state index in [0.29, 0.717) is 17.9 Å². The standard InChI is InChI=1S/C14H18ClFO3/c1-3-5-10(14(18)19-4-2)13(17)11-8-9(15)6-7-12(11)16/h6-8,10,13,17H,3-5H2,1-2H3. The number of carbonyl (C=O) groups is 1. The second-order valence-electron chi connectivity index (χ2n) is 4.26. The molecule has 106 valence electrons. The van der Waals surface area contributed by atoms with Crippen molar-refractivity contribution in [1.29, 1.82) is 0 Å². The quantitative estimate of drug-likeness (QED) is 0.815. The maximum atomic E-state index is 13.7. The predicted octanol–water partition coefficient (Wildman–Crippen LogP) is 3.49. The van der Waals surface area contributed by atoms with E-state index >= 15 is 0 Å². The Morgan fingerprint density at radius 3 is 2.74 bits per heavy atom. The van der Waals surface area contributed by atoms with E-state index in [1.807, 2.05) is 6.92 Å². The van der Waals surface area contributed by atoms with Gasteiger partial charge in [0.25, 0.3) is 0 Å². The summed E-state index contributed by atoms with van der Waals surface area (Å²) in [6.45, 7) is 3.80. The number of benzene rings is 1. The molecule has 2 atom stereocenters. The highest BCUT2D eigenvalue weighted by molar-refractivity contribution is 6.30. The van der Waals surface area contributed by atoms with E-state index in [0.717, 1.165) is 0 Å². The van der Waals surface area contributed by atoms with Crippen LogP contribution in [0.15, 0.2) is 18.2 Å². The van der Waals surface area contributed by atoms with Gasteiger partial charge in [0.05, 0.1) is 18.6 Å². The number of hydrogen-bond acceptors (Lipinski definition) is 3. The second kappa shape index (κ2) is 7.46. The van der Waals surface area contributed by atoms with Crippen LogP contribution >= 0.6 is 11.6 Å². The van der Waals surface area contributed by atoms with Crippen molar-refractivity contribution >= 4 is 17.6 Å². The number of carbonyl (C=O) groups excluding carboxylic acids is 1. The average Bonchev–Trinajstić information content (AvgIpc) is 2.38. The molecule has 1 rings (SSSR count). The fraction of sp³-hybridized carbons (Fsp3) is 0.500. The van der Waals surface area contributed by atoms with E-state index in [4.69, 9.17) is 16.3 Å². The monoisotopic (exact) mass is 288 g/mol. The SMILES string of the molecule is CCCC(C(=O)OCC)C(O)c1cc(Cl)ccc1F. The summed E-state index contributed by atoms with van der Waals surface area (Å²) in [6.07, 6.45) is -0.146. The molecule has 1 aromatic rings. The van der Waals surface area contributed by atoms with Crippen LogP contribution in [0.3, 0.4) is 0 Å². The molecule has 0 bridgehead atoms. The third kappa shape index (κ3) is 4.18. The number of ether oxygens (including phenoxy) is 1. The molecule has 0 heterocycles. The molecule has 19 heavy (non-hydrogen) atoms. The Labute approximate surface area is 117 Å². The van der Waals surface area contributed by atoms with Gasteiger partial charge < -0.3 is 9.84 Å². The molecule has 0 radical (unpaired) electrons. The lowest BCUT2D eigenvalue weighted by Gasteiger charge is -2.21. The van der Waals surface area contributed by atoms with Gasteiger partial charge in [-0.3, -0.25) is 4.79 Å². The van der Waals surface area contributed by atoms with Crippen LogP contribution in [0.1, 0.15) is 38.4 Å². The fourth-order valence-corrected chi connectivity index (χ4v) is 2.10. The molecule has 1 aromatic carbocycles. The maximum Gasteiger partial charge on any atom is 0.311 e. The molecule has 3 nitrogen and oxygen atoms in total. The van der Waals surface area contributed by atoms with Crippen LogP contribution in [0.25, 0.3) is 0 Å². The van der Waals surface area contributed by atoms with E-state index in [-0.39, 0.29) is 12.2 Å². The first-order valence-corrected chi connectivity index (χ1v) is 6.68. The Bertz CT molecular complexity index is 437. The number of rotatable bonds is 6. The van der Waals surface area contributed by atoms with Crippen LogP contribution in [0, 0.1) is 11.7 Å². The lowest BCUT2D eigenvalue weighted by atomic mass is 9.91. The number of hydrogen-bond donors (Lipinski definition) is 1. The van der Waals surface area contributed by atoms with Crippen molar-refractivity contribution in [3.8, 4) is 0 Å². The molecule has 0 amide bonds. The predicted molar refractivity (Wildman–Crippen MR) is 71.4 cm³/mol. The lowest BCUT2D eigenvalue weighted by Crippen LogP contribution is -2.25. The molecule has 5 heteroatoms. The zero-order valence-electron chi connectivity index (χ0n) is 11.0. The molecule has 0 spiro atoms. The number of aliphatic hydroxyl groups is 1. The molecular weight excluding hydrogens is 271 g/mol. The van der Waals surface area contributed by atoms with Crippen molar-refractivity contribution in [2.75, 3.05) is 6.61 Å². The Morgan fingerprint density at radius 1 is 1.47 bits per heavy atom. The van der Waals surface area contributed by atoms with Gasteiger partial charge in [-0.2, -0.15) is 0 Å². The minimum Gasteiger partial charge on any atom is -0.466 e. The fourth-order valence-electron chi connectivity index (χ4n) is 1.92. The Hall–Kier alpha value is -1.13. The number of aliphatic hydroxyl groups excluding tert-OH is 1. The van der Waals surface area contributed by atoms with Gasteiger partial charge in [0, 0.05) is 10.6 Å². The van der Waals surface area contributed by atoms with Crippen molar-refractivity contribution < 1.29 is 19.0 Å². The van der Waals surface area contributed by atoms with Crippen LogP contribution in [0.2, 0.25) is 5.02 Å². The Kier molecular flexibility index (Phi) is 6.25. The van der Waals surface area contributed by atoms with Crippen molar-refractivity contribution in [3.63, 3.8) is 0 Å². The summed E-state index contributed by atoms with van der Waals surface area (Å²) in [5.41, 5.74) is 0.0269. The molecule has 0 saturated heterocycles. The number of esters is 1. The molecule has 0 saturated carbocycles. The highest BCUT2D eigenvalue weighted by Crippen LogP contribution is 2.30.